The Bertz CT molecular complexity index is 348. The second-order valence-corrected chi connectivity index (χ2v) is 4.39. The van der Waals surface area contributed by atoms with Crippen LogP contribution >= 0.6 is 0 Å². The van der Waals surface area contributed by atoms with Gasteiger partial charge in [-0.2, -0.15) is 0 Å². The Kier molecular flexibility index (Phi) is 1.85. The lowest BCUT2D eigenvalue weighted by atomic mass is 10.1. The highest BCUT2D eigenvalue weighted by Crippen LogP contribution is 2.29. The highest BCUT2D eigenvalue weighted by atomic mass is 15.7. The maximum absolute atomic E-state index is 2.52. The Morgan fingerprint density at radius 3 is 2.64 bits per heavy atom. The first-order valence-corrected chi connectivity index (χ1v) is 5.43. The molecule has 2 heteroatoms. The van der Waals surface area contributed by atoms with E-state index < -0.39 is 0 Å². The Labute approximate surface area is 85.1 Å². The Morgan fingerprint density at radius 2 is 1.86 bits per heavy atom. The summed E-state index contributed by atoms with van der Waals surface area (Å²) in [6.07, 6.45) is 1.31. The van der Waals surface area contributed by atoms with Crippen LogP contribution < -0.4 is 0 Å². The van der Waals surface area contributed by atoms with Crippen molar-refractivity contribution in [2.24, 2.45) is 0 Å². The SMILES string of the molecule is CC1CCN2Cc3ccccc3CN12. The quantitative estimate of drug-likeness (QED) is 0.614. The van der Waals surface area contributed by atoms with Crippen molar-refractivity contribution < 1.29 is 0 Å². The summed E-state index contributed by atoms with van der Waals surface area (Å²) < 4.78 is 0. The summed E-state index contributed by atoms with van der Waals surface area (Å²) in [4.78, 5) is 0. The van der Waals surface area contributed by atoms with E-state index in [0.29, 0.717) is 0 Å². The zero-order chi connectivity index (χ0) is 9.54. The molecule has 14 heavy (non-hydrogen) atoms. The first-order valence-electron chi connectivity index (χ1n) is 5.43. The molecule has 2 aliphatic heterocycles. The summed E-state index contributed by atoms with van der Waals surface area (Å²) >= 11 is 0. The Balaban J connectivity index is 1.95. The molecule has 0 bridgehead atoms. The molecule has 74 valence electrons. The van der Waals surface area contributed by atoms with Crippen molar-refractivity contribution in [2.45, 2.75) is 32.5 Å². The van der Waals surface area contributed by atoms with Gasteiger partial charge in [-0.05, 0) is 24.5 Å². The Morgan fingerprint density at radius 1 is 1.14 bits per heavy atom. The molecule has 0 aromatic heterocycles. The minimum Gasteiger partial charge on any atom is -0.237 e. The summed E-state index contributed by atoms with van der Waals surface area (Å²) in [7, 11) is 0. The normalized spacial score (nSPS) is 27.4. The number of rotatable bonds is 0. The van der Waals surface area contributed by atoms with E-state index in [1.807, 2.05) is 0 Å². The van der Waals surface area contributed by atoms with Crippen molar-refractivity contribution in [1.29, 1.82) is 0 Å². The van der Waals surface area contributed by atoms with Crippen LogP contribution in [0.4, 0.5) is 0 Å². The van der Waals surface area contributed by atoms with Crippen molar-refractivity contribution in [2.75, 3.05) is 6.54 Å². The van der Waals surface area contributed by atoms with Gasteiger partial charge in [0.05, 0.1) is 0 Å². The fraction of sp³-hybridized carbons (Fsp3) is 0.500. The second-order valence-electron chi connectivity index (χ2n) is 4.39. The van der Waals surface area contributed by atoms with E-state index in [0.717, 1.165) is 19.1 Å². The van der Waals surface area contributed by atoms with E-state index in [4.69, 9.17) is 0 Å². The molecule has 1 fully saturated rings. The van der Waals surface area contributed by atoms with Crippen LogP contribution in [-0.2, 0) is 13.1 Å². The standard InChI is InChI=1S/C12H16N2/c1-10-6-7-13-8-11-4-2-3-5-12(11)9-14(10)13/h2-5,10H,6-9H2,1H3. The zero-order valence-corrected chi connectivity index (χ0v) is 8.61. The van der Waals surface area contributed by atoms with Gasteiger partial charge in [0.2, 0.25) is 0 Å². The van der Waals surface area contributed by atoms with Crippen LogP contribution in [-0.4, -0.2) is 22.6 Å². The molecular formula is C12H16N2. The minimum absolute atomic E-state index is 0.725. The monoisotopic (exact) mass is 188 g/mol. The molecule has 1 atom stereocenters. The molecule has 1 unspecified atom stereocenters. The topological polar surface area (TPSA) is 6.48 Å². The summed E-state index contributed by atoms with van der Waals surface area (Å²) in [5.41, 5.74) is 3.02. The van der Waals surface area contributed by atoms with Gasteiger partial charge in [0.25, 0.3) is 0 Å². The van der Waals surface area contributed by atoms with Gasteiger partial charge in [0, 0.05) is 25.7 Å². The molecule has 1 aromatic rings. The molecule has 1 saturated heterocycles. The van der Waals surface area contributed by atoms with E-state index in [1.165, 1.54) is 24.1 Å². The van der Waals surface area contributed by atoms with Gasteiger partial charge in [-0.25, -0.2) is 10.0 Å². The van der Waals surface area contributed by atoms with Gasteiger partial charge in [-0.1, -0.05) is 24.3 Å². The predicted octanol–water partition coefficient (Wildman–Crippen LogP) is 2.01. The third-order valence-electron chi connectivity index (χ3n) is 3.48. The number of hydrogen-bond acceptors (Lipinski definition) is 2. The molecule has 1 aromatic carbocycles. The van der Waals surface area contributed by atoms with E-state index in [-0.39, 0.29) is 0 Å². The molecule has 2 nitrogen and oxygen atoms in total. The average molecular weight is 188 g/mol. The number of hydrazine groups is 1. The van der Waals surface area contributed by atoms with E-state index in [2.05, 4.69) is 41.2 Å². The predicted molar refractivity (Wildman–Crippen MR) is 56.5 cm³/mol. The van der Waals surface area contributed by atoms with E-state index in [1.54, 1.807) is 0 Å². The van der Waals surface area contributed by atoms with Gasteiger partial charge in [-0.3, -0.25) is 0 Å². The van der Waals surface area contributed by atoms with Gasteiger partial charge < -0.3 is 0 Å². The molecule has 0 aliphatic carbocycles. The molecule has 0 saturated carbocycles. The highest BCUT2D eigenvalue weighted by molar-refractivity contribution is 5.28. The lowest BCUT2D eigenvalue weighted by Gasteiger charge is -2.36. The van der Waals surface area contributed by atoms with E-state index in [9.17, 15) is 0 Å². The summed E-state index contributed by atoms with van der Waals surface area (Å²) in [6, 6.07) is 9.54. The summed E-state index contributed by atoms with van der Waals surface area (Å²) in [5, 5.41) is 5.01. The third kappa shape index (κ3) is 1.18. The second kappa shape index (κ2) is 3.07. The third-order valence-corrected chi connectivity index (χ3v) is 3.48. The molecule has 0 spiro atoms. The molecule has 0 radical (unpaired) electrons. The molecule has 2 aliphatic rings. The van der Waals surface area contributed by atoms with Crippen molar-refractivity contribution in [3.8, 4) is 0 Å². The van der Waals surface area contributed by atoms with E-state index >= 15 is 0 Å². The van der Waals surface area contributed by atoms with Gasteiger partial charge in [0.15, 0.2) is 0 Å². The fourth-order valence-electron chi connectivity index (χ4n) is 2.55. The van der Waals surface area contributed by atoms with Crippen LogP contribution in [0.5, 0.6) is 0 Å². The average Bonchev–Trinajstić information content (AvgIpc) is 2.57. The first-order chi connectivity index (χ1) is 6.84. The highest BCUT2D eigenvalue weighted by Gasteiger charge is 2.32. The number of hydrogen-bond donors (Lipinski definition) is 0. The van der Waals surface area contributed by atoms with Gasteiger partial charge >= 0.3 is 0 Å². The summed E-state index contributed by atoms with van der Waals surface area (Å²) in [5.74, 6) is 0. The lowest BCUT2D eigenvalue weighted by Crippen LogP contribution is -2.42. The van der Waals surface area contributed by atoms with Crippen LogP contribution in [0.3, 0.4) is 0 Å². The minimum atomic E-state index is 0.725. The van der Waals surface area contributed by atoms with Crippen molar-refractivity contribution in [3.63, 3.8) is 0 Å². The van der Waals surface area contributed by atoms with Crippen LogP contribution in [0.2, 0.25) is 0 Å². The van der Waals surface area contributed by atoms with Crippen molar-refractivity contribution in [1.82, 2.24) is 10.0 Å². The molecular weight excluding hydrogens is 172 g/mol. The first kappa shape index (κ1) is 8.45. The van der Waals surface area contributed by atoms with Crippen molar-refractivity contribution >= 4 is 0 Å². The number of fused-ring (bicyclic) bond motifs is 2. The molecule has 0 amide bonds. The van der Waals surface area contributed by atoms with Crippen molar-refractivity contribution in [3.05, 3.63) is 35.4 Å². The molecule has 2 heterocycles. The van der Waals surface area contributed by atoms with Crippen LogP contribution in [0.1, 0.15) is 24.5 Å². The lowest BCUT2D eigenvalue weighted by molar-refractivity contribution is -0.0261. The number of nitrogens with zero attached hydrogens (tertiary/aromatic N) is 2. The molecule has 0 N–H and O–H groups in total. The van der Waals surface area contributed by atoms with Gasteiger partial charge in [-0.15, -0.1) is 0 Å². The number of benzene rings is 1. The molecule has 3 rings (SSSR count). The van der Waals surface area contributed by atoms with Gasteiger partial charge in [0.1, 0.15) is 0 Å². The maximum atomic E-state index is 2.52. The maximum Gasteiger partial charge on any atom is 0.0390 e. The largest absolute Gasteiger partial charge is 0.237 e. The fourth-order valence-corrected chi connectivity index (χ4v) is 2.55. The summed E-state index contributed by atoms with van der Waals surface area (Å²) in [6.45, 7) is 5.78. The smallest absolute Gasteiger partial charge is 0.0390 e. The Hall–Kier alpha value is -0.860. The van der Waals surface area contributed by atoms with Crippen LogP contribution in [0.25, 0.3) is 0 Å². The van der Waals surface area contributed by atoms with Crippen LogP contribution in [0.15, 0.2) is 24.3 Å². The van der Waals surface area contributed by atoms with Crippen LogP contribution in [0, 0.1) is 0 Å². The zero-order valence-electron chi connectivity index (χ0n) is 8.61.